The molecule has 0 radical (unpaired) electrons. The fraction of sp³-hybridized carbons (Fsp3) is 0.231. The molecule has 1 heterocycles. The lowest BCUT2D eigenvalue weighted by atomic mass is 10.2. The first kappa shape index (κ1) is 14.5. The molecule has 0 aliphatic heterocycles. The Morgan fingerprint density at radius 3 is 2.80 bits per heavy atom. The maximum absolute atomic E-state index is 11.9. The van der Waals surface area contributed by atoms with Gasteiger partial charge in [-0.15, -0.1) is 0 Å². The molecule has 0 saturated carbocycles. The Morgan fingerprint density at radius 2 is 2.15 bits per heavy atom. The van der Waals surface area contributed by atoms with Crippen LogP contribution in [0.25, 0.3) is 10.9 Å². The first-order valence-electron chi connectivity index (χ1n) is 5.98. The standard InChI is InChI=1S/C13H14BrN3O3/c14-9-2-1-8-3-4-17(11(8)5-9)7-12(18)16-10(6-15)13(19)20/h1-5,10H,6-7,15H2,(H,16,18)(H,19,20). The number of carbonyl (C=O) groups excluding carboxylic acids is 1. The van der Waals surface area contributed by atoms with Gasteiger partial charge in [-0.25, -0.2) is 4.79 Å². The second kappa shape index (κ2) is 6.06. The van der Waals surface area contributed by atoms with Crippen LogP contribution in [-0.2, 0) is 16.1 Å². The molecule has 1 aromatic heterocycles. The van der Waals surface area contributed by atoms with E-state index in [2.05, 4.69) is 21.2 Å². The molecular formula is C13H14BrN3O3. The third-order valence-electron chi connectivity index (χ3n) is 2.92. The van der Waals surface area contributed by atoms with Crippen molar-refractivity contribution in [2.24, 2.45) is 5.73 Å². The van der Waals surface area contributed by atoms with Crippen molar-refractivity contribution in [3.05, 3.63) is 34.9 Å². The van der Waals surface area contributed by atoms with Gasteiger partial charge in [0.15, 0.2) is 0 Å². The lowest BCUT2D eigenvalue weighted by Crippen LogP contribution is -2.46. The first-order chi connectivity index (χ1) is 9.51. The minimum Gasteiger partial charge on any atom is -0.480 e. The molecule has 2 rings (SSSR count). The fourth-order valence-corrected chi connectivity index (χ4v) is 2.26. The second-order valence-corrected chi connectivity index (χ2v) is 5.26. The fourth-order valence-electron chi connectivity index (χ4n) is 1.91. The number of carboxylic acid groups (broad SMARTS) is 1. The van der Waals surface area contributed by atoms with Gasteiger partial charge in [0.25, 0.3) is 0 Å². The third kappa shape index (κ3) is 3.17. The zero-order chi connectivity index (χ0) is 14.7. The quantitative estimate of drug-likeness (QED) is 0.754. The average Bonchev–Trinajstić information content (AvgIpc) is 2.78. The van der Waals surface area contributed by atoms with Crippen LogP contribution >= 0.6 is 15.9 Å². The van der Waals surface area contributed by atoms with E-state index in [9.17, 15) is 9.59 Å². The normalized spacial score (nSPS) is 12.3. The molecule has 1 unspecified atom stereocenters. The van der Waals surface area contributed by atoms with Crippen molar-refractivity contribution in [2.75, 3.05) is 6.54 Å². The van der Waals surface area contributed by atoms with Crippen molar-refractivity contribution in [1.82, 2.24) is 9.88 Å². The van der Waals surface area contributed by atoms with Crippen LogP contribution in [0.4, 0.5) is 0 Å². The van der Waals surface area contributed by atoms with Crippen LogP contribution in [-0.4, -0.2) is 34.1 Å². The average molecular weight is 340 g/mol. The predicted molar refractivity (Wildman–Crippen MR) is 78.3 cm³/mol. The summed E-state index contributed by atoms with van der Waals surface area (Å²) in [4.78, 5) is 22.7. The van der Waals surface area contributed by atoms with Gasteiger partial charge in [0.05, 0.1) is 0 Å². The lowest BCUT2D eigenvalue weighted by Gasteiger charge is -2.13. The van der Waals surface area contributed by atoms with Crippen LogP contribution in [0, 0.1) is 0 Å². The number of hydrogen-bond acceptors (Lipinski definition) is 3. The smallest absolute Gasteiger partial charge is 0.327 e. The van der Waals surface area contributed by atoms with Crippen molar-refractivity contribution in [3.63, 3.8) is 0 Å². The summed E-state index contributed by atoms with van der Waals surface area (Å²) >= 11 is 3.38. The number of aromatic nitrogens is 1. The van der Waals surface area contributed by atoms with Crippen LogP contribution in [0.2, 0.25) is 0 Å². The molecule has 4 N–H and O–H groups in total. The van der Waals surface area contributed by atoms with Gasteiger partial charge < -0.3 is 20.7 Å². The van der Waals surface area contributed by atoms with E-state index in [4.69, 9.17) is 10.8 Å². The highest BCUT2D eigenvalue weighted by Gasteiger charge is 2.18. The summed E-state index contributed by atoms with van der Waals surface area (Å²) in [6.07, 6.45) is 1.79. The number of carbonyl (C=O) groups is 2. The van der Waals surface area contributed by atoms with Crippen molar-refractivity contribution in [2.45, 2.75) is 12.6 Å². The molecule has 0 saturated heterocycles. The summed E-state index contributed by atoms with van der Waals surface area (Å²) in [6.45, 7) is -0.0945. The van der Waals surface area contributed by atoms with Crippen LogP contribution < -0.4 is 11.1 Å². The van der Waals surface area contributed by atoms with E-state index >= 15 is 0 Å². The molecule has 6 nitrogen and oxygen atoms in total. The molecular weight excluding hydrogens is 326 g/mol. The van der Waals surface area contributed by atoms with Gasteiger partial charge in [0.1, 0.15) is 12.6 Å². The van der Waals surface area contributed by atoms with Crippen LogP contribution in [0.15, 0.2) is 34.9 Å². The Labute approximate surface area is 123 Å². The Bertz CT molecular complexity index is 653. The molecule has 0 aliphatic rings. The predicted octanol–water partition coefficient (Wildman–Crippen LogP) is 0.932. The zero-order valence-corrected chi connectivity index (χ0v) is 12.1. The van der Waals surface area contributed by atoms with Gasteiger partial charge in [0, 0.05) is 22.7 Å². The van der Waals surface area contributed by atoms with E-state index < -0.39 is 12.0 Å². The number of nitrogens with two attached hydrogens (primary N) is 1. The van der Waals surface area contributed by atoms with Gasteiger partial charge in [-0.3, -0.25) is 4.79 Å². The Hall–Kier alpha value is -1.86. The van der Waals surface area contributed by atoms with Crippen LogP contribution in [0.1, 0.15) is 0 Å². The summed E-state index contributed by atoms with van der Waals surface area (Å²) in [5.41, 5.74) is 6.19. The monoisotopic (exact) mass is 339 g/mol. The first-order valence-corrected chi connectivity index (χ1v) is 6.77. The minimum atomic E-state index is -1.14. The topological polar surface area (TPSA) is 97.4 Å². The van der Waals surface area contributed by atoms with Crippen molar-refractivity contribution >= 4 is 38.7 Å². The number of amides is 1. The van der Waals surface area contributed by atoms with E-state index in [-0.39, 0.29) is 19.0 Å². The van der Waals surface area contributed by atoms with E-state index in [1.807, 2.05) is 24.3 Å². The van der Waals surface area contributed by atoms with E-state index in [0.29, 0.717) is 0 Å². The number of rotatable bonds is 5. The second-order valence-electron chi connectivity index (χ2n) is 4.34. The summed E-state index contributed by atoms with van der Waals surface area (Å²) in [6, 6.07) is 6.60. The molecule has 0 fully saturated rings. The van der Waals surface area contributed by atoms with Crippen molar-refractivity contribution in [1.29, 1.82) is 0 Å². The Balaban J connectivity index is 2.14. The molecule has 0 spiro atoms. The largest absolute Gasteiger partial charge is 0.480 e. The highest BCUT2D eigenvalue weighted by molar-refractivity contribution is 9.10. The molecule has 20 heavy (non-hydrogen) atoms. The highest BCUT2D eigenvalue weighted by Crippen LogP contribution is 2.20. The number of halogens is 1. The number of carboxylic acids is 1. The lowest BCUT2D eigenvalue weighted by molar-refractivity contribution is -0.141. The Kier molecular flexibility index (Phi) is 4.41. The van der Waals surface area contributed by atoms with Crippen molar-refractivity contribution < 1.29 is 14.7 Å². The molecule has 2 aromatic rings. The van der Waals surface area contributed by atoms with E-state index in [0.717, 1.165) is 15.4 Å². The third-order valence-corrected chi connectivity index (χ3v) is 3.41. The number of hydrogen-bond donors (Lipinski definition) is 3. The zero-order valence-electron chi connectivity index (χ0n) is 10.5. The molecule has 1 aromatic carbocycles. The number of aliphatic carboxylic acids is 1. The maximum atomic E-state index is 11.9. The number of nitrogens with one attached hydrogen (secondary N) is 1. The van der Waals surface area contributed by atoms with Gasteiger partial charge in [-0.1, -0.05) is 22.0 Å². The van der Waals surface area contributed by atoms with Crippen LogP contribution in [0.3, 0.4) is 0 Å². The van der Waals surface area contributed by atoms with E-state index in [1.165, 1.54) is 0 Å². The summed E-state index contributed by atoms with van der Waals surface area (Å²) in [5.74, 6) is -1.53. The molecule has 1 atom stereocenters. The maximum Gasteiger partial charge on any atom is 0.327 e. The summed E-state index contributed by atoms with van der Waals surface area (Å²) in [5, 5.41) is 12.2. The Morgan fingerprint density at radius 1 is 1.40 bits per heavy atom. The number of benzene rings is 1. The van der Waals surface area contributed by atoms with Gasteiger partial charge >= 0.3 is 5.97 Å². The van der Waals surface area contributed by atoms with Gasteiger partial charge in [-0.05, 0) is 23.6 Å². The molecule has 106 valence electrons. The highest BCUT2D eigenvalue weighted by atomic mass is 79.9. The van der Waals surface area contributed by atoms with Crippen molar-refractivity contribution in [3.8, 4) is 0 Å². The van der Waals surface area contributed by atoms with Gasteiger partial charge in [0.2, 0.25) is 5.91 Å². The SMILES string of the molecule is NCC(NC(=O)Cn1ccc2ccc(Br)cc21)C(=O)O. The van der Waals surface area contributed by atoms with Gasteiger partial charge in [-0.2, -0.15) is 0 Å². The number of fused-ring (bicyclic) bond motifs is 1. The summed E-state index contributed by atoms with van der Waals surface area (Å²) in [7, 11) is 0. The minimum absolute atomic E-state index is 0.0454. The molecule has 7 heteroatoms. The molecule has 0 aliphatic carbocycles. The molecule has 1 amide bonds. The summed E-state index contributed by atoms with van der Waals surface area (Å²) < 4.78 is 2.67. The van der Waals surface area contributed by atoms with Crippen LogP contribution in [0.5, 0.6) is 0 Å². The van der Waals surface area contributed by atoms with E-state index in [1.54, 1.807) is 10.8 Å². The molecule has 0 bridgehead atoms. The number of nitrogens with zero attached hydrogens (tertiary/aromatic N) is 1.